The van der Waals surface area contributed by atoms with Crippen LogP contribution in [0.15, 0.2) is 15.3 Å². The van der Waals surface area contributed by atoms with Crippen LogP contribution in [0.5, 0.6) is 5.75 Å². The summed E-state index contributed by atoms with van der Waals surface area (Å²) in [4.78, 5) is 14.3. The van der Waals surface area contributed by atoms with Gasteiger partial charge in [-0.05, 0) is 38.3 Å². The molecule has 4 rings (SSSR count). The zero-order valence-corrected chi connectivity index (χ0v) is 14.6. The molecule has 0 spiro atoms. The SMILES string of the molecule is Cc1c(C)c2cc(Cl)c3c(c2oc1=O)CN(C[C@@H]1CCCO1)CO3. The van der Waals surface area contributed by atoms with E-state index in [2.05, 4.69) is 4.90 Å². The van der Waals surface area contributed by atoms with Crippen LogP contribution in [0.25, 0.3) is 11.0 Å². The molecule has 5 nitrogen and oxygen atoms in total. The van der Waals surface area contributed by atoms with Crippen LogP contribution in [-0.2, 0) is 11.3 Å². The van der Waals surface area contributed by atoms with Gasteiger partial charge in [-0.15, -0.1) is 0 Å². The van der Waals surface area contributed by atoms with E-state index in [1.165, 1.54) is 0 Å². The lowest BCUT2D eigenvalue weighted by molar-refractivity contribution is 0.0281. The maximum atomic E-state index is 12.1. The summed E-state index contributed by atoms with van der Waals surface area (Å²) in [5.41, 5.74) is 2.65. The van der Waals surface area contributed by atoms with Gasteiger partial charge in [-0.3, -0.25) is 4.90 Å². The highest BCUT2D eigenvalue weighted by molar-refractivity contribution is 6.33. The van der Waals surface area contributed by atoms with Gasteiger partial charge in [-0.2, -0.15) is 0 Å². The summed E-state index contributed by atoms with van der Waals surface area (Å²) in [5.74, 6) is 0.624. The summed E-state index contributed by atoms with van der Waals surface area (Å²) in [7, 11) is 0. The maximum absolute atomic E-state index is 12.1. The van der Waals surface area contributed by atoms with Gasteiger partial charge in [0.05, 0.1) is 16.7 Å². The predicted molar refractivity (Wildman–Crippen MR) is 91.8 cm³/mol. The topological polar surface area (TPSA) is 51.9 Å². The fourth-order valence-corrected chi connectivity index (χ4v) is 3.78. The third kappa shape index (κ3) is 2.61. The summed E-state index contributed by atoms with van der Waals surface area (Å²) < 4.78 is 17.2. The highest BCUT2D eigenvalue weighted by Crippen LogP contribution is 2.39. The molecule has 24 heavy (non-hydrogen) atoms. The van der Waals surface area contributed by atoms with Gasteiger partial charge in [0.25, 0.3) is 0 Å². The van der Waals surface area contributed by atoms with Gasteiger partial charge in [0.2, 0.25) is 0 Å². The minimum absolute atomic E-state index is 0.247. The van der Waals surface area contributed by atoms with Crippen molar-refractivity contribution < 1.29 is 13.9 Å². The Morgan fingerprint density at radius 1 is 1.33 bits per heavy atom. The molecule has 2 aromatic rings. The standard InChI is InChI=1S/C18H20ClNO4/c1-10-11(2)18(21)24-16-13(10)6-15(19)17-14(16)8-20(9-23-17)7-12-4-3-5-22-12/h6,12H,3-5,7-9H2,1-2H3/t12-/m0/s1. The molecule has 3 heterocycles. The van der Waals surface area contributed by atoms with Gasteiger partial charge in [-0.25, -0.2) is 4.79 Å². The first-order valence-electron chi connectivity index (χ1n) is 8.26. The summed E-state index contributed by atoms with van der Waals surface area (Å²) >= 11 is 6.42. The molecule has 0 unspecified atom stereocenters. The van der Waals surface area contributed by atoms with Crippen molar-refractivity contribution in [3.05, 3.63) is 38.2 Å². The number of ether oxygens (including phenoxy) is 2. The molecule has 128 valence electrons. The Morgan fingerprint density at radius 2 is 2.17 bits per heavy atom. The van der Waals surface area contributed by atoms with E-state index in [4.69, 9.17) is 25.5 Å². The molecule has 0 radical (unpaired) electrons. The number of fused-ring (bicyclic) bond motifs is 3. The van der Waals surface area contributed by atoms with E-state index in [0.717, 1.165) is 42.5 Å². The molecule has 1 fully saturated rings. The first kappa shape index (κ1) is 15.9. The smallest absolute Gasteiger partial charge is 0.339 e. The summed E-state index contributed by atoms with van der Waals surface area (Å²) in [5, 5.41) is 1.43. The second kappa shape index (κ2) is 6.06. The number of rotatable bonds is 2. The van der Waals surface area contributed by atoms with Crippen molar-refractivity contribution in [1.29, 1.82) is 0 Å². The first-order valence-corrected chi connectivity index (χ1v) is 8.64. The molecule has 1 atom stereocenters. The number of nitrogens with zero attached hydrogens (tertiary/aromatic N) is 1. The van der Waals surface area contributed by atoms with Gasteiger partial charge in [-0.1, -0.05) is 11.6 Å². The number of benzene rings is 1. The quantitative estimate of drug-likeness (QED) is 0.778. The van der Waals surface area contributed by atoms with Crippen LogP contribution in [0.2, 0.25) is 5.02 Å². The van der Waals surface area contributed by atoms with Gasteiger partial charge in [0.15, 0.2) is 0 Å². The van der Waals surface area contributed by atoms with Crippen molar-refractivity contribution in [2.24, 2.45) is 0 Å². The first-order chi connectivity index (χ1) is 11.5. The van der Waals surface area contributed by atoms with Gasteiger partial charge in [0.1, 0.15) is 18.1 Å². The third-order valence-electron chi connectivity index (χ3n) is 5.01. The molecule has 2 aliphatic heterocycles. The average Bonchev–Trinajstić information content (AvgIpc) is 3.07. The van der Waals surface area contributed by atoms with Crippen LogP contribution >= 0.6 is 11.6 Å². The monoisotopic (exact) mass is 349 g/mol. The fourth-order valence-electron chi connectivity index (χ4n) is 3.51. The van der Waals surface area contributed by atoms with Crippen molar-refractivity contribution in [3.8, 4) is 5.75 Å². The second-order valence-electron chi connectivity index (χ2n) is 6.60. The third-order valence-corrected chi connectivity index (χ3v) is 5.29. The molecule has 0 saturated carbocycles. The van der Waals surface area contributed by atoms with Crippen LogP contribution in [0.4, 0.5) is 0 Å². The molecule has 0 N–H and O–H groups in total. The van der Waals surface area contributed by atoms with E-state index in [0.29, 0.717) is 35.2 Å². The molecular formula is C18H20ClNO4. The molecule has 2 aliphatic rings. The van der Waals surface area contributed by atoms with Gasteiger partial charge >= 0.3 is 5.63 Å². The van der Waals surface area contributed by atoms with Crippen molar-refractivity contribution in [1.82, 2.24) is 4.90 Å². The Kier molecular flexibility index (Phi) is 4.03. The maximum Gasteiger partial charge on any atom is 0.339 e. The Morgan fingerprint density at radius 3 is 2.92 bits per heavy atom. The number of aryl methyl sites for hydroxylation is 1. The molecule has 1 aromatic carbocycles. The van der Waals surface area contributed by atoms with E-state index < -0.39 is 0 Å². The second-order valence-corrected chi connectivity index (χ2v) is 7.01. The van der Waals surface area contributed by atoms with Crippen LogP contribution in [0, 0.1) is 13.8 Å². The summed E-state index contributed by atoms with van der Waals surface area (Å²) in [6, 6.07) is 1.83. The lowest BCUT2D eigenvalue weighted by Crippen LogP contribution is -2.37. The zero-order valence-electron chi connectivity index (χ0n) is 13.9. The lowest BCUT2D eigenvalue weighted by Gasteiger charge is -2.31. The van der Waals surface area contributed by atoms with E-state index in [1.54, 1.807) is 6.92 Å². The Labute approximate surface area is 145 Å². The van der Waals surface area contributed by atoms with Crippen LogP contribution in [0.1, 0.15) is 29.5 Å². The molecule has 6 heteroatoms. The van der Waals surface area contributed by atoms with Crippen molar-refractivity contribution in [2.45, 2.75) is 39.3 Å². The van der Waals surface area contributed by atoms with E-state index in [-0.39, 0.29) is 11.7 Å². The van der Waals surface area contributed by atoms with E-state index in [1.807, 2.05) is 13.0 Å². The Bertz CT molecular complexity index is 854. The van der Waals surface area contributed by atoms with Gasteiger partial charge in [0, 0.05) is 30.6 Å². The highest BCUT2D eigenvalue weighted by atomic mass is 35.5. The Balaban J connectivity index is 1.77. The normalized spacial score (nSPS) is 21.0. The number of halogens is 1. The fraction of sp³-hybridized carbons (Fsp3) is 0.500. The molecule has 1 aromatic heterocycles. The van der Waals surface area contributed by atoms with Crippen LogP contribution in [-0.4, -0.2) is 30.9 Å². The van der Waals surface area contributed by atoms with Gasteiger partial charge < -0.3 is 13.9 Å². The molecular weight excluding hydrogens is 330 g/mol. The van der Waals surface area contributed by atoms with Crippen molar-refractivity contribution in [3.63, 3.8) is 0 Å². The molecule has 1 saturated heterocycles. The van der Waals surface area contributed by atoms with E-state index in [9.17, 15) is 4.79 Å². The zero-order chi connectivity index (χ0) is 16.8. The van der Waals surface area contributed by atoms with E-state index >= 15 is 0 Å². The van der Waals surface area contributed by atoms with Crippen LogP contribution in [0.3, 0.4) is 0 Å². The van der Waals surface area contributed by atoms with Crippen LogP contribution < -0.4 is 10.4 Å². The predicted octanol–water partition coefficient (Wildman–Crippen LogP) is 3.39. The minimum Gasteiger partial charge on any atom is -0.476 e. The summed E-state index contributed by atoms with van der Waals surface area (Å²) in [6.45, 7) is 6.44. The minimum atomic E-state index is -0.305. The van der Waals surface area contributed by atoms with Crippen molar-refractivity contribution >= 4 is 22.6 Å². The summed E-state index contributed by atoms with van der Waals surface area (Å²) in [6.07, 6.45) is 2.43. The largest absolute Gasteiger partial charge is 0.476 e. The Hall–Kier alpha value is -1.56. The molecule has 0 bridgehead atoms. The number of hydrogen-bond donors (Lipinski definition) is 0. The lowest BCUT2D eigenvalue weighted by atomic mass is 10.0. The highest BCUT2D eigenvalue weighted by Gasteiger charge is 2.28. The average molecular weight is 350 g/mol. The number of hydrogen-bond acceptors (Lipinski definition) is 5. The van der Waals surface area contributed by atoms with Crippen molar-refractivity contribution in [2.75, 3.05) is 19.9 Å². The molecule has 0 aliphatic carbocycles. The molecule has 0 amide bonds.